The summed E-state index contributed by atoms with van der Waals surface area (Å²) in [5.74, 6) is 0.830. The summed E-state index contributed by atoms with van der Waals surface area (Å²) in [6.07, 6.45) is 0. The first-order valence-electron chi connectivity index (χ1n) is 7.37. The van der Waals surface area contributed by atoms with Gasteiger partial charge in [0.2, 0.25) is 0 Å². The minimum Gasteiger partial charge on any atom is -0.496 e. The molecule has 0 atom stereocenters. The van der Waals surface area contributed by atoms with E-state index < -0.39 is 10.0 Å². The van der Waals surface area contributed by atoms with Crippen LogP contribution in [0.25, 0.3) is 10.8 Å². The molecule has 1 aliphatic heterocycles. The summed E-state index contributed by atoms with van der Waals surface area (Å²) in [6, 6.07) is 18.2. The molecule has 5 nitrogen and oxygen atoms in total. The Morgan fingerprint density at radius 1 is 0.958 bits per heavy atom. The van der Waals surface area contributed by atoms with Crippen molar-refractivity contribution in [3.8, 4) is 5.75 Å². The maximum absolute atomic E-state index is 12.5. The highest BCUT2D eigenvalue weighted by Gasteiger charge is 2.27. The highest BCUT2D eigenvalue weighted by atomic mass is 32.2. The van der Waals surface area contributed by atoms with E-state index >= 15 is 0 Å². The van der Waals surface area contributed by atoms with Crippen molar-refractivity contribution in [2.45, 2.75) is 4.90 Å². The fourth-order valence-corrected chi connectivity index (χ4v) is 4.01. The normalized spacial score (nSPS) is 15.3. The number of ether oxygens (including phenoxy) is 1. The molecule has 24 heavy (non-hydrogen) atoms. The summed E-state index contributed by atoms with van der Waals surface area (Å²) in [6.45, 7) is 0. The van der Waals surface area contributed by atoms with E-state index in [4.69, 9.17) is 4.74 Å². The molecule has 3 aromatic carbocycles. The van der Waals surface area contributed by atoms with Crippen LogP contribution in [0, 0.1) is 0 Å². The Labute approximate surface area is 139 Å². The van der Waals surface area contributed by atoms with Crippen LogP contribution in [0.5, 0.6) is 5.75 Å². The summed E-state index contributed by atoms with van der Waals surface area (Å²) in [5.41, 5.74) is 1.14. The second kappa shape index (κ2) is 5.35. The van der Waals surface area contributed by atoms with Gasteiger partial charge < -0.3 is 10.1 Å². The quantitative estimate of drug-likeness (QED) is 0.777. The Balaban J connectivity index is 2.01. The van der Waals surface area contributed by atoms with Crippen LogP contribution in [-0.4, -0.2) is 21.4 Å². The highest BCUT2D eigenvalue weighted by molar-refractivity contribution is 7.90. The number of para-hydroxylation sites is 1. The number of hydrogen-bond donors (Lipinski definition) is 1. The third-order valence-corrected chi connectivity index (χ3v) is 5.31. The van der Waals surface area contributed by atoms with Crippen LogP contribution in [0.3, 0.4) is 0 Å². The largest absolute Gasteiger partial charge is 0.496 e. The minimum atomic E-state index is -3.76. The van der Waals surface area contributed by atoms with Crippen molar-refractivity contribution in [2.75, 3.05) is 12.4 Å². The standard InChI is InChI=1S/C18H14N2O3S/c1-23-15-11-10-12-6-2-3-7-13(12)17(15)18-19-14-8-4-5-9-16(14)24(21,22)20-18/h2-11H,1H3,(H,19,20). The number of rotatable bonds is 2. The van der Waals surface area contributed by atoms with Crippen molar-refractivity contribution in [3.05, 3.63) is 66.2 Å². The van der Waals surface area contributed by atoms with Crippen molar-refractivity contribution in [3.63, 3.8) is 0 Å². The molecule has 0 aromatic heterocycles. The monoisotopic (exact) mass is 338 g/mol. The van der Waals surface area contributed by atoms with E-state index in [2.05, 4.69) is 9.71 Å². The molecule has 1 aliphatic rings. The van der Waals surface area contributed by atoms with Crippen LogP contribution in [-0.2, 0) is 10.0 Å². The molecule has 0 radical (unpaired) electrons. The number of nitrogens with zero attached hydrogens (tertiary/aromatic N) is 1. The van der Waals surface area contributed by atoms with Crippen molar-refractivity contribution in [2.24, 2.45) is 4.40 Å². The lowest BCUT2D eigenvalue weighted by Gasteiger charge is -2.20. The summed E-state index contributed by atoms with van der Waals surface area (Å²) in [5, 5.41) is 4.98. The van der Waals surface area contributed by atoms with Gasteiger partial charge in [-0.1, -0.05) is 42.5 Å². The lowest BCUT2D eigenvalue weighted by Crippen LogP contribution is -2.23. The fraction of sp³-hybridized carbons (Fsp3) is 0.0556. The number of methoxy groups -OCH3 is 1. The zero-order chi connectivity index (χ0) is 16.7. The molecule has 6 heteroatoms. The first-order valence-corrected chi connectivity index (χ1v) is 8.81. The maximum Gasteiger partial charge on any atom is 0.286 e. The van der Waals surface area contributed by atoms with Gasteiger partial charge >= 0.3 is 0 Å². The molecule has 0 aliphatic carbocycles. The van der Waals surface area contributed by atoms with E-state index in [9.17, 15) is 8.42 Å². The first-order chi connectivity index (χ1) is 11.6. The minimum absolute atomic E-state index is 0.174. The first kappa shape index (κ1) is 14.7. The van der Waals surface area contributed by atoms with Crippen LogP contribution in [0.4, 0.5) is 5.69 Å². The van der Waals surface area contributed by atoms with Crippen LogP contribution in [0.2, 0.25) is 0 Å². The molecule has 0 bridgehead atoms. The predicted molar refractivity (Wildman–Crippen MR) is 94.3 cm³/mol. The molecule has 0 saturated heterocycles. The summed E-state index contributed by atoms with van der Waals surface area (Å²) in [4.78, 5) is 0.174. The molecule has 0 fully saturated rings. The molecule has 0 amide bonds. The van der Waals surface area contributed by atoms with E-state index in [1.54, 1.807) is 25.3 Å². The molecule has 1 N–H and O–H groups in total. The molecule has 3 aromatic rings. The number of benzene rings is 3. The maximum atomic E-state index is 12.5. The van der Waals surface area contributed by atoms with Gasteiger partial charge in [-0.15, -0.1) is 4.40 Å². The highest BCUT2D eigenvalue weighted by Crippen LogP contribution is 2.33. The van der Waals surface area contributed by atoms with E-state index in [0.717, 1.165) is 10.8 Å². The summed E-state index contributed by atoms with van der Waals surface area (Å²) in [7, 11) is -2.21. The van der Waals surface area contributed by atoms with Gasteiger partial charge in [0.1, 0.15) is 10.6 Å². The Hall–Kier alpha value is -2.86. The SMILES string of the molecule is COc1ccc2ccccc2c1C1=NS(=O)(=O)c2ccccc2N1. The zero-order valence-corrected chi connectivity index (χ0v) is 13.7. The number of sulfonamides is 1. The Kier molecular flexibility index (Phi) is 3.28. The van der Waals surface area contributed by atoms with E-state index in [1.165, 1.54) is 6.07 Å². The number of nitrogens with one attached hydrogen (secondary N) is 1. The topological polar surface area (TPSA) is 67.8 Å². The second-order valence-electron chi connectivity index (χ2n) is 5.40. The van der Waals surface area contributed by atoms with Gasteiger partial charge in [-0.05, 0) is 29.0 Å². The molecular weight excluding hydrogens is 324 g/mol. The van der Waals surface area contributed by atoms with Gasteiger partial charge in [-0.3, -0.25) is 0 Å². The molecule has 0 unspecified atom stereocenters. The van der Waals surface area contributed by atoms with Crippen LogP contribution in [0.1, 0.15) is 5.56 Å². The van der Waals surface area contributed by atoms with Gasteiger partial charge in [0.15, 0.2) is 5.84 Å². The lowest BCUT2D eigenvalue weighted by molar-refractivity contribution is 0.414. The average molecular weight is 338 g/mol. The summed E-state index contributed by atoms with van der Waals surface area (Å²) < 4.78 is 34.5. The van der Waals surface area contributed by atoms with Crippen molar-refractivity contribution in [1.82, 2.24) is 0 Å². The van der Waals surface area contributed by atoms with Crippen molar-refractivity contribution < 1.29 is 13.2 Å². The van der Waals surface area contributed by atoms with E-state index in [0.29, 0.717) is 17.0 Å². The van der Waals surface area contributed by atoms with Crippen LogP contribution < -0.4 is 10.1 Å². The molecular formula is C18H14N2O3S. The van der Waals surface area contributed by atoms with Gasteiger partial charge in [0.05, 0.1) is 18.4 Å². The van der Waals surface area contributed by atoms with E-state index in [1.807, 2.05) is 36.4 Å². The molecule has 0 spiro atoms. The van der Waals surface area contributed by atoms with Crippen molar-refractivity contribution >= 4 is 32.3 Å². The smallest absolute Gasteiger partial charge is 0.286 e. The number of fused-ring (bicyclic) bond motifs is 2. The zero-order valence-electron chi connectivity index (χ0n) is 12.9. The number of anilines is 1. The van der Waals surface area contributed by atoms with Gasteiger partial charge in [0, 0.05) is 0 Å². The second-order valence-corrected chi connectivity index (χ2v) is 6.97. The van der Waals surface area contributed by atoms with Gasteiger partial charge in [-0.25, -0.2) is 0 Å². The molecule has 1 heterocycles. The van der Waals surface area contributed by atoms with Gasteiger partial charge in [-0.2, -0.15) is 8.42 Å². The Morgan fingerprint density at radius 3 is 2.54 bits per heavy atom. The lowest BCUT2D eigenvalue weighted by atomic mass is 10.0. The Morgan fingerprint density at radius 2 is 1.71 bits per heavy atom. The predicted octanol–water partition coefficient (Wildman–Crippen LogP) is 3.41. The number of amidine groups is 1. The van der Waals surface area contributed by atoms with Crippen LogP contribution >= 0.6 is 0 Å². The van der Waals surface area contributed by atoms with Gasteiger partial charge in [0.25, 0.3) is 10.0 Å². The Bertz CT molecular complexity index is 1090. The third-order valence-electron chi connectivity index (χ3n) is 3.98. The third kappa shape index (κ3) is 2.23. The van der Waals surface area contributed by atoms with Crippen LogP contribution in [0.15, 0.2) is 70.0 Å². The van der Waals surface area contributed by atoms with Crippen molar-refractivity contribution in [1.29, 1.82) is 0 Å². The molecule has 0 saturated carbocycles. The van der Waals surface area contributed by atoms with E-state index in [-0.39, 0.29) is 10.7 Å². The average Bonchev–Trinajstić information content (AvgIpc) is 2.60. The summed E-state index contributed by atoms with van der Waals surface area (Å²) >= 11 is 0. The number of hydrogen-bond acceptors (Lipinski definition) is 4. The fourth-order valence-electron chi connectivity index (χ4n) is 2.89. The molecule has 4 rings (SSSR count). The molecule has 120 valence electrons.